The monoisotopic (exact) mass is 488 g/mol. The van der Waals surface area contributed by atoms with Crippen molar-refractivity contribution in [2.45, 2.75) is 18.4 Å². The number of benzene rings is 3. The topological polar surface area (TPSA) is 84.9 Å². The van der Waals surface area contributed by atoms with Crippen LogP contribution in [0.2, 0.25) is 5.02 Å². The van der Waals surface area contributed by atoms with Gasteiger partial charge in [-0.15, -0.1) is 0 Å². The quantitative estimate of drug-likeness (QED) is 0.488. The molecule has 1 amide bonds. The minimum atomic E-state index is -4.04. The maximum absolute atomic E-state index is 13.4. The number of methoxy groups -OCH3 is 2. The van der Waals surface area contributed by atoms with Gasteiger partial charge >= 0.3 is 0 Å². The fourth-order valence-electron chi connectivity index (χ4n) is 3.17. The molecule has 0 aliphatic carbocycles. The molecule has 0 bridgehead atoms. The molecule has 3 rings (SSSR count). The molecule has 0 unspecified atom stereocenters. The van der Waals surface area contributed by atoms with Gasteiger partial charge in [-0.3, -0.25) is 9.10 Å². The maximum atomic E-state index is 13.4. The fourth-order valence-corrected chi connectivity index (χ4v) is 4.90. The first-order valence-corrected chi connectivity index (χ1v) is 11.9. The number of hydrogen-bond acceptors (Lipinski definition) is 5. The number of nitrogens with zero attached hydrogens (tertiary/aromatic N) is 1. The van der Waals surface area contributed by atoms with Crippen LogP contribution in [0.1, 0.15) is 11.1 Å². The van der Waals surface area contributed by atoms with Gasteiger partial charge in [-0.25, -0.2) is 8.42 Å². The zero-order valence-corrected chi connectivity index (χ0v) is 20.1. The molecule has 0 saturated heterocycles. The van der Waals surface area contributed by atoms with Gasteiger partial charge < -0.3 is 14.8 Å². The Balaban J connectivity index is 1.84. The Labute approximate surface area is 198 Å². The number of sulfonamides is 1. The molecule has 0 aliphatic rings. The van der Waals surface area contributed by atoms with Crippen molar-refractivity contribution in [3.8, 4) is 11.5 Å². The predicted molar refractivity (Wildman–Crippen MR) is 129 cm³/mol. The lowest BCUT2D eigenvalue weighted by atomic mass is 10.2. The van der Waals surface area contributed by atoms with Gasteiger partial charge in [0.05, 0.1) is 29.8 Å². The molecule has 0 radical (unpaired) electrons. The highest BCUT2D eigenvalue weighted by Gasteiger charge is 2.28. The molecule has 3 aromatic rings. The molecule has 7 nitrogen and oxygen atoms in total. The number of carbonyl (C=O) groups is 1. The van der Waals surface area contributed by atoms with Crippen LogP contribution >= 0.6 is 11.6 Å². The standard InChI is InChI=1S/C24H25ClN2O5S/c1-17-8-11-19(12-9-17)33(29,30)27(21-7-5-4-6-20(21)25)16-24(28)26-15-18-10-13-22(31-2)23(14-18)32-3/h4-14H,15-16H2,1-3H3,(H,26,28). The Kier molecular flexibility index (Phi) is 7.84. The van der Waals surface area contributed by atoms with Gasteiger partial charge in [0.1, 0.15) is 6.54 Å². The van der Waals surface area contributed by atoms with Crippen LogP contribution in [-0.2, 0) is 21.4 Å². The maximum Gasteiger partial charge on any atom is 0.264 e. The van der Waals surface area contributed by atoms with Gasteiger partial charge in [0, 0.05) is 6.54 Å². The number of carbonyl (C=O) groups excluding carboxylic acids is 1. The first-order valence-electron chi connectivity index (χ1n) is 10.1. The second-order valence-electron chi connectivity index (χ2n) is 7.24. The van der Waals surface area contributed by atoms with Crippen LogP contribution in [0.3, 0.4) is 0 Å². The summed E-state index contributed by atoms with van der Waals surface area (Å²) in [6.07, 6.45) is 0. The number of amides is 1. The summed E-state index contributed by atoms with van der Waals surface area (Å²) in [6.45, 7) is 1.61. The second kappa shape index (κ2) is 10.6. The SMILES string of the molecule is COc1ccc(CNC(=O)CN(c2ccccc2Cl)S(=O)(=O)c2ccc(C)cc2)cc1OC. The smallest absolute Gasteiger partial charge is 0.264 e. The van der Waals surface area contributed by atoms with Crippen molar-refractivity contribution >= 4 is 33.2 Å². The van der Waals surface area contributed by atoms with Crippen molar-refractivity contribution in [3.63, 3.8) is 0 Å². The van der Waals surface area contributed by atoms with E-state index in [-0.39, 0.29) is 22.2 Å². The predicted octanol–water partition coefficient (Wildman–Crippen LogP) is 4.18. The zero-order valence-electron chi connectivity index (χ0n) is 18.5. The van der Waals surface area contributed by atoms with Crippen molar-refractivity contribution in [1.82, 2.24) is 5.32 Å². The van der Waals surface area contributed by atoms with Gasteiger partial charge in [-0.1, -0.05) is 47.5 Å². The van der Waals surface area contributed by atoms with Crippen LogP contribution in [0.25, 0.3) is 0 Å². The van der Waals surface area contributed by atoms with E-state index in [1.807, 2.05) is 6.92 Å². The van der Waals surface area contributed by atoms with E-state index >= 15 is 0 Å². The van der Waals surface area contributed by atoms with Crippen LogP contribution in [0.4, 0.5) is 5.69 Å². The van der Waals surface area contributed by atoms with E-state index in [2.05, 4.69) is 5.32 Å². The molecule has 174 valence electrons. The number of halogens is 1. The summed E-state index contributed by atoms with van der Waals surface area (Å²) in [5.41, 5.74) is 1.92. The molecule has 3 aromatic carbocycles. The van der Waals surface area contributed by atoms with Gasteiger partial charge in [0.2, 0.25) is 5.91 Å². The highest BCUT2D eigenvalue weighted by Crippen LogP contribution is 2.30. The van der Waals surface area contributed by atoms with E-state index in [0.29, 0.717) is 11.5 Å². The minimum absolute atomic E-state index is 0.0701. The molecule has 0 aromatic heterocycles. The fraction of sp³-hybridized carbons (Fsp3) is 0.208. The van der Waals surface area contributed by atoms with Gasteiger partial charge in [-0.2, -0.15) is 0 Å². The number of rotatable bonds is 9. The third-order valence-corrected chi connectivity index (χ3v) is 7.05. The number of aryl methyl sites for hydroxylation is 1. The number of hydrogen-bond donors (Lipinski definition) is 1. The van der Waals surface area contributed by atoms with Crippen LogP contribution in [0.15, 0.2) is 71.6 Å². The number of ether oxygens (including phenoxy) is 2. The third kappa shape index (κ3) is 5.77. The Hall–Kier alpha value is -3.23. The molecule has 0 atom stereocenters. The largest absolute Gasteiger partial charge is 0.493 e. The summed E-state index contributed by atoms with van der Waals surface area (Å²) in [7, 11) is -0.975. The molecule has 9 heteroatoms. The van der Waals surface area contributed by atoms with E-state index in [4.69, 9.17) is 21.1 Å². The van der Waals surface area contributed by atoms with Crippen LogP contribution < -0.4 is 19.1 Å². The number of anilines is 1. The lowest BCUT2D eigenvalue weighted by Crippen LogP contribution is -2.40. The second-order valence-corrected chi connectivity index (χ2v) is 9.51. The number of nitrogens with one attached hydrogen (secondary N) is 1. The minimum Gasteiger partial charge on any atom is -0.493 e. The van der Waals surface area contributed by atoms with Crippen LogP contribution in [0.5, 0.6) is 11.5 Å². The Bertz CT molecular complexity index is 1230. The van der Waals surface area contributed by atoms with Crippen molar-refractivity contribution in [1.29, 1.82) is 0 Å². The van der Waals surface area contributed by atoms with Crippen molar-refractivity contribution in [3.05, 3.63) is 82.9 Å². The highest BCUT2D eigenvalue weighted by molar-refractivity contribution is 7.92. The molecule has 0 spiro atoms. The molecule has 1 N–H and O–H groups in total. The summed E-state index contributed by atoms with van der Waals surface area (Å²) in [6, 6.07) is 18.2. The highest BCUT2D eigenvalue weighted by atomic mass is 35.5. The Morgan fingerprint density at radius 3 is 2.27 bits per heavy atom. The molecule has 33 heavy (non-hydrogen) atoms. The van der Waals surface area contributed by atoms with Gasteiger partial charge in [-0.05, 0) is 48.9 Å². The summed E-state index contributed by atoms with van der Waals surface area (Å²) >= 11 is 6.29. The Morgan fingerprint density at radius 2 is 1.64 bits per heavy atom. The van der Waals surface area contributed by atoms with Gasteiger partial charge in [0.25, 0.3) is 10.0 Å². The Morgan fingerprint density at radius 1 is 0.970 bits per heavy atom. The molecular weight excluding hydrogens is 464 g/mol. The van der Waals surface area contributed by atoms with Gasteiger partial charge in [0.15, 0.2) is 11.5 Å². The summed E-state index contributed by atoms with van der Waals surface area (Å²) in [4.78, 5) is 12.9. The van der Waals surface area contributed by atoms with Crippen LogP contribution in [-0.4, -0.2) is 35.1 Å². The molecule has 0 heterocycles. The molecular formula is C24H25ClN2O5S. The first-order chi connectivity index (χ1) is 15.8. The average Bonchev–Trinajstić information content (AvgIpc) is 2.81. The summed E-state index contributed by atoms with van der Waals surface area (Å²) < 4.78 is 38.4. The van der Waals surface area contributed by atoms with Crippen molar-refractivity contribution in [2.75, 3.05) is 25.1 Å². The summed E-state index contributed by atoms with van der Waals surface area (Å²) in [5.74, 6) is 0.617. The molecule has 0 aliphatic heterocycles. The normalized spacial score (nSPS) is 11.0. The lowest BCUT2D eigenvalue weighted by Gasteiger charge is -2.25. The van der Waals surface area contributed by atoms with Crippen molar-refractivity contribution in [2.24, 2.45) is 0 Å². The van der Waals surface area contributed by atoms with E-state index < -0.39 is 22.5 Å². The summed E-state index contributed by atoms with van der Waals surface area (Å²) in [5, 5.41) is 2.98. The number of para-hydroxylation sites is 1. The van der Waals surface area contributed by atoms with E-state index in [1.54, 1.807) is 54.6 Å². The van der Waals surface area contributed by atoms with E-state index in [9.17, 15) is 13.2 Å². The zero-order chi connectivity index (χ0) is 24.0. The van der Waals surface area contributed by atoms with Crippen LogP contribution in [0, 0.1) is 6.92 Å². The lowest BCUT2D eigenvalue weighted by molar-refractivity contribution is -0.119. The average molecular weight is 489 g/mol. The van der Waals surface area contributed by atoms with E-state index in [0.717, 1.165) is 15.4 Å². The van der Waals surface area contributed by atoms with E-state index in [1.165, 1.54) is 26.4 Å². The molecule has 0 fully saturated rings. The molecule has 0 saturated carbocycles. The third-order valence-electron chi connectivity index (χ3n) is 4.95. The first kappa shape index (κ1) is 24.4. The van der Waals surface area contributed by atoms with Crippen molar-refractivity contribution < 1.29 is 22.7 Å².